The Kier molecular flexibility index (Phi) is 1.83. The number of pyridine rings is 1. The van der Waals surface area contributed by atoms with Crippen LogP contribution in [0.15, 0.2) is 17.2 Å². The molecule has 2 rings (SSSR count). The SMILES string of the molecule is O=S(=O)(F)c1cnc2c(c1)CCC2. The molecule has 0 aromatic carbocycles. The van der Waals surface area contributed by atoms with Crippen molar-refractivity contribution in [3.63, 3.8) is 0 Å². The van der Waals surface area contributed by atoms with E-state index in [4.69, 9.17) is 0 Å². The van der Waals surface area contributed by atoms with Gasteiger partial charge in [0, 0.05) is 11.9 Å². The van der Waals surface area contributed by atoms with Crippen LogP contribution in [0.5, 0.6) is 0 Å². The minimum absolute atomic E-state index is 0.326. The molecule has 3 nitrogen and oxygen atoms in total. The summed E-state index contributed by atoms with van der Waals surface area (Å²) in [4.78, 5) is 3.58. The summed E-state index contributed by atoms with van der Waals surface area (Å²) < 4.78 is 33.6. The molecule has 13 heavy (non-hydrogen) atoms. The minimum Gasteiger partial charge on any atom is -0.260 e. The van der Waals surface area contributed by atoms with Crippen molar-refractivity contribution in [1.82, 2.24) is 4.98 Å². The molecule has 1 aliphatic carbocycles. The van der Waals surface area contributed by atoms with Crippen molar-refractivity contribution in [3.05, 3.63) is 23.5 Å². The van der Waals surface area contributed by atoms with Crippen molar-refractivity contribution < 1.29 is 12.3 Å². The summed E-state index contributed by atoms with van der Waals surface area (Å²) in [5.41, 5.74) is 1.76. The monoisotopic (exact) mass is 201 g/mol. The van der Waals surface area contributed by atoms with Gasteiger partial charge in [0.1, 0.15) is 4.90 Å². The highest BCUT2D eigenvalue weighted by molar-refractivity contribution is 7.86. The fraction of sp³-hybridized carbons (Fsp3) is 0.375. The van der Waals surface area contributed by atoms with E-state index in [2.05, 4.69) is 4.98 Å². The van der Waals surface area contributed by atoms with E-state index in [1.54, 1.807) is 0 Å². The van der Waals surface area contributed by atoms with Gasteiger partial charge in [0.05, 0.1) is 0 Å². The summed E-state index contributed by atoms with van der Waals surface area (Å²) in [6, 6.07) is 1.38. The van der Waals surface area contributed by atoms with Crippen LogP contribution in [0.3, 0.4) is 0 Å². The second-order valence-corrected chi connectivity index (χ2v) is 4.42. The van der Waals surface area contributed by atoms with Crippen molar-refractivity contribution in [2.75, 3.05) is 0 Å². The Morgan fingerprint density at radius 3 is 2.85 bits per heavy atom. The van der Waals surface area contributed by atoms with Crippen LogP contribution >= 0.6 is 0 Å². The Morgan fingerprint density at radius 1 is 1.38 bits per heavy atom. The van der Waals surface area contributed by atoms with Gasteiger partial charge in [-0.2, -0.15) is 8.42 Å². The summed E-state index contributed by atoms with van der Waals surface area (Å²) in [7, 11) is -4.59. The maximum absolute atomic E-state index is 12.5. The molecule has 0 N–H and O–H groups in total. The predicted molar refractivity (Wildman–Crippen MR) is 44.6 cm³/mol. The molecule has 0 bridgehead atoms. The standard InChI is InChI=1S/C8H8FNO2S/c9-13(11,12)7-4-6-2-1-3-8(6)10-5-7/h4-5H,1-3H2. The molecular weight excluding hydrogens is 193 g/mol. The lowest BCUT2D eigenvalue weighted by molar-refractivity contribution is 0.551. The van der Waals surface area contributed by atoms with Gasteiger partial charge < -0.3 is 0 Å². The number of aromatic nitrogens is 1. The van der Waals surface area contributed by atoms with E-state index >= 15 is 0 Å². The van der Waals surface area contributed by atoms with E-state index in [0.29, 0.717) is 0 Å². The van der Waals surface area contributed by atoms with Crippen LogP contribution in [0.2, 0.25) is 0 Å². The Hall–Kier alpha value is -0.970. The van der Waals surface area contributed by atoms with Crippen LogP contribution in [0.25, 0.3) is 0 Å². The summed E-state index contributed by atoms with van der Waals surface area (Å²) in [5.74, 6) is 0. The summed E-state index contributed by atoms with van der Waals surface area (Å²) >= 11 is 0. The van der Waals surface area contributed by atoms with E-state index < -0.39 is 10.2 Å². The lowest BCUT2D eigenvalue weighted by Gasteiger charge is -1.98. The zero-order chi connectivity index (χ0) is 9.47. The Bertz CT molecular complexity index is 441. The van der Waals surface area contributed by atoms with E-state index in [1.165, 1.54) is 6.07 Å². The quantitative estimate of drug-likeness (QED) is 0.642. The fourth-order valence-corrected chi connectivity index (χ4v) is 2.00. The molecule has 5 heteroatoms. The van der Waals surface area contributed by atoms with Crippen LogP contribution in [0, 0.1) is 0 Å². The largest absolute Gasteiger partial charge is 0.333 e. The maximum Gasteiger partial charge on any atom is 0.333 e. The molecule has 0 aliphatic heterocycles. The van der Waals surface area contributed by atoms with Crippen molar-refractivity contribution in [1.29, 1.82) is 0 Å². The van der Waals surface area contributed by atoms with Gasteiger partial charge >= 0.3 is 10.2 Å². The first-order valence-electron chi connectivity index (χ1n) is 4.00. The second-order valence-electron chi connectivity index (χ2n) is 3.07. The van der Waals surface area contributed by atoms with E-state index in [0.717, 1.165) is 36.7 Å². The molecule has 1 aromatic heterocycles. The maximum atomic E-state index is 12.5. The summed E-state index contributed by atoms with van der Waals surface area (Å²) in [6.45, 7) is 0. The molecule has 0 spiro atoms. The Labute approximate surface area is 75.8 Å². The first-order valence-corrected chi connectivity index (χ1v) is 5.38. The van der Waals surface area contributed by atoms with Crippen molar-refractivity contribution >= 4 is 10.2 Å². The highest BCUT2D eigenvalue weighted by atomic mass is 32.3. The smallest absolute Gasteiger partial charge is 0.260 e. The van der Waals surface area contributed by atoms with E-state index in [1.807, 2.05) is 0 Å². The first kappa shape index (κ1) is 8.62. The third-order valence-corrected chi connectivity index (χ3v) is 2.96. The molecule has 0 amide bonds. The average molecular weight is 201 g/mol. The summed E-state index contributed by atoms with van der Waals surface area (Å²) in [6.07, 6.45) is 3.71. The zero-order valence-corrected chi connectivity index (χ0v) is 7.64. The Morgan fingerprint density at radius 2 is 2.15 bits per heavy atom. The van der Waals surface area contributed by atoms with Crippen molar-refractivity contribution in [2.24, 2.45) is 0 Å². The molecular formula is C8H8FNO2S. The van der Waals surface area contributed by atoms with Gasteiger partial charge in [-0.05, 0) is 30.9 Å². The molecule has 0 fully saturated rings. The average Bonchev–Trinajstić information content (AvgIpc) is 2.47. The molecule has 0 saturated carbocycles. The van der Waals surface area contributed by atoms with Gasteiger partial charge in [-0.1, -0.05) is 0 Å². The van der Waals surface area contributed by atoms with Crippen LogP contribution < -0.4 is 0 Å². The minimum atomic E-state index is -4.59. The van der Waals surface area contributed by atoms with Crippen LogP contribution in [-0.2, 0) is 23.1 Å². The number of hydrogen-bond donors (Lipinski definition) is 0. The molecule has 0 atom stereocenters. The van der Waals surface area contributed by atoms with Crippen molar-refractivity contribution in [3.8, 4) is 0 Å². The number of hydrogen-bond acceptors (Lipinski definition) is 3. The van der Waals surface area contributed by atoms with Crippen LogP contribution in [-0.4, -0.2) is 13.4 Å². The molecule has 1 aromatic rings. The number of aryl methyl sites for hydroxylation is 2. The lowest BCUT2D eigenvalue weighted by Crippen LogP contribution is -1.96. The van der Waals surface area contributed by atoms with E-state index in [9.17, 15) is 12.3 Å². The van der Waals surface area contributed by atoms with Gasteiger partial charge in [-0.25, -0.2) is 0 Å². The van der Waals surface area contributed by atoms with Gasteiger partial charge in [-0.15, -0.1) is 3.89 Å². The molecule has 0 unspecified atom stereocenters. The summed E-state index contributed by atoms with van der Waals surface area (Å²) in [5, 5.41) is 0. The molecule has 1 aliphatic rings. The van der Waals surface area contributed by atoms with E-state index in [-0.39, 0.29) is 4.90 Å². The fourth-order valence-electron chi connectivity index (χ4n) is 1.54. The lowest BCUT2D eigenvalue weighted by atomic mass is 10.2. The second kappa shape index (κ2) is 2.77. The van der Waals surface area contributed by atoms with Crippen LogP contribution in [0.4, 0.5) is 3.89 Å². The van der Waals surface area contributed by atoms with Gasteiger partial charge in [-0.3, -0.25) is 4.98 Å². The molecule has 0 radical (unpaired) electrons. The topological polar surface area (TPSA) is 47.0 Å². The normalized spacial score (nSPS) is 15.8. The van der Waals surface area contributed by atoms with Gasteiger partial charge in [0.2, 0.25) is 0 Å². The number of halogens is 1. The highest BCUT2D eigenvalue weighted by Crippen LogP contribution is 2.22. The number of nitrogens with zero attached hydrogens (tertiary/aromatic N) is 1. The third-order valence-electron chi connectivity index (χ3n) is 2.18. The molecule has 1 heterocycles. The zero-order valence-electron chi connectivity index (χ0n) is 6.83. The molecule has 70 valence electrons. The number of rotatable bonds is 1. The van der Waals surface area contributed by atoms with Gasteiger partial charge in [0.15, 0.2) is 0 Å². The Balaban J connectivity index is 2.54. The number of fused-ring (bicyclic) bond motifs is 1. The molecule has 0 saturated heterocycles. The first-order chi connectivity index (χ1) is 6.07. The highest BCUT2D eigenvalue weighted by Gasteiger charge is 2.18. The van der Waals surface area contributed by atoms with Crippen LogP contribution in [0.1, 0.15) is 17.7 Å². The third kappa shape index (κ3) is 1.56. The predicted octanol–water partition coefficient (Wildman–Crippen LogP) is 1.23. The van der Waals surface area contributed by atoms with Gasteiger partial charge in [0.25, 0.3) is 0 Å². The van der Waals surface area contributed by atoms with Crippen molar-refractivity contribution in [2.45, 2.75) is 24.2 Å².